The van der Waals surface area contributed by atoms with Gasteiger partial charge in [0.2, 0.25) is 0 Å². The van der Waals surface area contributed by atoms with Gasteiger partial charge in [0.1, 0.15) is 13.2 Å². The van der Waals surface area contributed by atoms with Gasteiger partial charge in [0.25, 0.3) is 0 Å². The molecule has 0 saturated heterocycles. The van der Waals surface area contributed by atoms with E-state index in [9.17, 15) is 9.59 Å². The molecule has 0 bridgehead atoms. The molecule has 0 unspecified atom stereocenters. The van der Waals surface area contributed by atoms with Gasteiger partial charge in [-0.1, -0.05) is 30.3 Å². The Morgan fingerprint density at radius 2 is 1.62 bits per heavy atom. The van der Waals surface area contributed by atoms with Crippen LogP contribution in [0.15, 0.2) is 30.3 Å². The van der Waals surface area contributed by atoms with Crippen LogP contribution in [0.1, 0.15) is 23.2 Å². The molecule has 2 amide bonds. The van der Waals surface area contributed by atoms with E-state index >= 15 is 0 Å². The first kappa shape index (κ1) is 17.8. The fourth-order valence-corrected chi connectivity index (χ4v) is 3.39. The van der Waals surface area contributed by atoms with Crippen LogP contribution in [-0.4, -0.2) is 30.8 Å². The lowest BCUT2D eigenvalue weighted by Crippen LogP contribution is -2.20. The fourth-order valence-electron chi connectivity index (χ4n) is 3.39. The van der Waals surface area contributed by atoms with Crippen molar-refractivity contribution in [2.45, 2.75) is 32.6 Å². The number of alkyl carbamates (subject to hydrolysis) is 2. The van der Waals surface area contributed by atoms with Crippen molar-refractivity contribution in [1.29, 1.82) is 0 Å². The first-order valence-corrected chi connectivity index (χ1v) is 8.63. The van der Waals surface area contributed by atoms with Crippen LogP contribution >= 0.6 is 0 Å². The molecule has 2 heterocycles. The summed E-state index contributed by atoms with van der Waals surface area (Å²) in [5.74, 6) is 0. The summed E-state index contributed by atoms with van der Waals surface area (Å²) in [6, 6.07) is 10.00. The average molecular weight is 357 g/mol. The molecule has 0 fully saturated rings. The van der Waals surface area contributed by atoms with Crippen molar-refractivity contribution in [2.75, 3.05) is 14.1 Å². The summed E-state index contributed by atoms with van der Waals surface area (Å²) in [5.41, 5.74) is 5.03. The average Bonchev–Trinajstić information content (AvgIpc) is 3.25. The molecule has 1 aliphatic heterocycles. The Morgan fingerprint density at radius 1 is 1.00 bits per heavy atom. The Balaban J connectivity index is 2.04. The first-order valence-electron chi connectivity index (χ1n) is 8.63. The molecule has 0 aliphatic carbocycles. The van der Waals surface area contributed by atoms with E-state index in [1.807, 2.05) is 30.3 Å². The number of nitrogens with one attached hydrogen (secondary N) is 2. The molecule has 3 rings (SSSR count). The van der Waals surface area contributed by atoms with Crippen molar-refractivity contribution in [3.05, 3.63) is 47.2 Å². The Labute approximate surface area is 152 Å². The van der Waals surface area contributed by atoms with Crippen molar-refractivity contribution in [1.82, 2.24) is 15.2 Å². The quantitative estimate of drug-likeness (QED) is 0.862. The number of amides is 2. The van der Waals surface area contributed by atoms with Crippen molar-refractivity contribution in [3.8, 4) is 11.3 Å². The van der Waals surface area contributed by atoms with Crippen LogP contribution < -0.4 is 10.6 Å². The van der Waals surface area contributed by atoms with E-state index in [1.165, 1.54) is 14.1 Å². The zero-order valence-electron chi connectivity index (χ0n) is 15.0. The van der Waals surface area contributed by atoms with Crippen LogP contribution in [-0.2, 0) is 35.7 Å². The molecule has 0 atom stereocenters. The highest BCUT2D eigenvalue weighted by atomic mass is 16.6. The van der Waals surface area contributed by atoms with E-state index in [2.05, 4.69) is 15.2 Å². The third kappa shape index (κ3) is 3.51. The van der Waals surface area contributed by atoms with Gasteiger partial charge in [-0.15, -0.1) is 0 Å². The molecule has 138 valence electrons. The number of ether oxygens (including phenoxy) is 2. The largest absolute Gasteiger partial charge is 0.445 e. The van der Waals surface area contributed by atoms with Crippen molar-refractivity contribution in [3.63, 3.8) is 0 Å². The highest BCUT2D eigenvalue weighted by Crippen LogP contribution is 2.37. The molecule has 1 aromatic heterocycles. The summed E-state index contributed by atoms with van der Waals surface area (Å²) < 4.78 is 12.9. The molecule has 26 heavy (non-hydrogen) atoms. The van der Waals surface area contributed by atoms with E-state index in [4.69, 9.17) is 9.47 Å². The molecule has 1 aliphatic rings. The lowest BCUT2D eigenvalue weighted by molar-refractivity contribution is 0.134. The normalized spacial score (nSPS) is 12.4. The van der Waals surface area contributed by atoms with Crippen molar-refractivity contribution < 1.29 is 19.1 Å². The number of benzene rings is 1. The van der Waals surface area contributed by atoms with Gasteiger partial charge in [-0.3, -0.25) is 0 Å². The number of hydrogen-bond donors (Lipinski definition) is 2. The molecule has 2 N–H and O–H groups in total. The summed E-state index contributed by atoms with van der Waals surface area (Å²) in [6.07, 6.45) is 0.973. The van der Waals surface area contributed by atoms with Crippen LogP contribution in [0, 0.1) is 0 Å². The van der Waals surface area contributed by atoms with Crippen LogP contribution in [0.3, 0.4) is 0 Å². The summed E-state index contributed by atoms with van der Waals surface area (Å²) in [6.45, 7) is 1.16. The maximum atomic E-state index is 11.6. The van der Waals surface area contributed by atoms with Gasteiger partial charge < -0.3 is 24.7 Å². The van der Waals surface area contributed by atoms with E-state index < -0.39 is 12.2 Å². The minimum atomic E-state index is -0.492. The summed E-state index contributed by atoms with van der Waals surface area (Å²) >= 11 is 0. The van der Waals surface area contributed by atoms with Gasteiger partial charge in [-0.2, -0.15) is 0 Å². The molecule has 2 aromatic rings. The molecular formula is C19H23N3O4. The third-order valence-electron chi connectivity index (χ3n) is 4.54. The van der Waals surface area contributed by atoms with Crippen LogP contribution in [0.5, 0.6) is 0 Å². The van der Waals surface area contributed by atoms with Gasteiger partial charge >= 0.3 is 12.2 Å². The summed E-state index contributed by atoms with van der Waals surface area (Å²) in [4.78, 5) is 23.1. The number of carbonyl (C=O) groups is 2. The highest BCUT2D eigenvalue weighted by molar-refractivity contribution is 5.71. The molecule has 7 heteroatoms. The SMILES string of the molecule is CNC(=O)OCc1c(COC(=O)NC)c(-c2ccccc2)n2c1CCC2. The van der Waals surface area contributed by atoms with Crippen LogP contribution in [0.25, 0.3) is 11.3 Å². The van der Waals surface area contributed by atoms with Crippen molar-refractivity contribution >= 4 is 12.2 Å². The number of carbonyl (C=O) groups excluding carboxylic acids is 2. The Hall–Kier alpha value is -2.96. The zero-order chi connectivity index (χ0) is 18.5. The number of aromatic nitrogens is 1. The second kappa shape index (κ2) is 7.95. The summed E-state index contributed by atoms with van der Waals surface area (Å²) in [5, 5.41) is 4.92. The standard InChI is InChI=1S/C19H23N3O4/c1-20-18(23)25-11-14-15(12-26-19(24)21-2)17(13-7-4-3-5-8-13)22-10-6-9-16(14)22/h3-5,7-8H,6,9-12H2,1-2H3,(H,20,23)(H,21,24). The maximum Gasteiger partial charge on any atom is 0.407 e. The molecular weight excluding hydrogens is 334 g/mol. The lowest BCUT2D eigenvalue weighted by Gasteiger charge is -2.12. The monoisotopic (exact) mass is 357 g/mol. The Morgan fingerprint density at radius 3 is 2.23 bits per heavy atom. The number of hydrogen-bond acceptors (Lipinski definition) is 4. The van der Waals surface area contributed by atoms with E-state index in [0.29, 0.717) is 0 Å². The second-order valence-corrected chi connectivity index (χ2v) is 6.03. The molecule has 1 aromatic carbocycles. The van der Waals surface area contributed by atoms with Gasteiger partial charge in [0.15, 0.2) is 0 Å². The van der Waals surface area contributed by atoms with Gasteiger partial charge in [0.05, 0.1) is 5.69 Å². The number of fused-ring (bicyclic) bond motifs is 1. The van der Waals surface area contributed by atoms with E-state index in [0.717, 1.165) is 47.5 Å². The predicted molar refractivity (Wildman–Crippen MR) is 96.7 cm³/mol. The van der Waals surface area contributed by atoms with Gasteiger partial charge in [0, 0.05) is 37.5 Å². The van der Waals surface area contributed by atoms with Gasteiger partial charge in [-0.05, 0) is 18.4 Å². The Kier molecular flexibility index (Phi) is 5.46. The minimum absolute atomic E-state index is 0.121. The Bertz CT molecular complexity index is 799. The highest BCUT2D eigenvalue weighted by Gasteiger charge is 2.27. The number of rotatable bonds is 5. The minimum Gasteiger partial charge on any atom is -0.445 e. The smallest absolute Gasteiger partial charge is 0.407 e. The van der Waals surface area contributed by atoms with Crippen LogP contribution in [0.2, 0.25) is 0 Å². The fraction of sp³-hybridized carbons (Fsp3) is 0.368. The maximum absolute atomic E-state index is 11.6. The first-order chi connectivity index (χ1) is 12.7. The van der Waals surface area contributed by atoms with Crippen LogP contribution in [0.4, 0.5) is 9.59 Å². The second-order valence-electron chi connectivity index (χ2n) is 6.03. The predicted octanol–water partition coefficient (Wildman–Crippen LogP) is 2.81. The topological polar surface area (TPSA) is 81.6 Å². The molecule has 0 radical (unpaired) electrons. The van der Waals surface area contributed by atoms with Crippen molar-refractivity contribution in [2.24, 2.45) is 0 Å². The molecule has 0 spiro atoms. The summed E-state index contributed by atoms with van der Waals surface area (Å²) in [7, 11) is 3.05. The lowest BCUT2D eigenvalue weighted by atomic mass is 10.0. The number of nitrogens with zero attached hydrogens (tertiary/aromatic N) is 1. The van der Waals surface area contributed by atoms with Gasteiger partial charge in [-0.25, -0.2) is 9.59 Å². The molecule has 7 nitrogen and oxygen atoms in total. The third-order valence-corrected chi connectivity index (χ3v) is 4.54. The van der Waals surface area contributed by atoms with E-state index in [1.54, 1.807) is 0 Å². The molecule has 0 saturated carbocycles. The van der Waals surface area contributed by atoms with E-state index in [-0.39, 0.29) is 13.2 Å². The zero-order valence-corrected chi connectivity index (χ0v) is 15.0.